The van der Waals surface area contributed by atoms with E-state index in [0.717, 1.165) is 11.4 Å². The van der Waals surface area contributed by atoms with Crippen LogP contribution in [0.5, 0.6) is 5.75 Å². The van der Waals surface area contributed by atoms with Gasteiger partial charge in [0.15, 0.2) is 5.11 Å². The molecule has 18 heavy (non-hydrogen) atoms. The number of methoxy groups -OCH3 is 1. The van der Waals surface area contributed by atoms with Crippen molar-refractivity contribution in [3.8, 4) is 5.75 Å². The van der Waals surface area contributed by atoms with Gasteiger partial charge in [-0.05, 0) is 42.5 Å². The molecule has 1 aromatic carbocycles. The Morgan fingerprint density at radius 3 is 2.39 bits per heavy atom. The molecule has 0 unspecified atom stereocenters. The van der Waals surface area contributed by atoms with Gasteiger partial charge >= 0.3 is 0 Å². The van der Waals surface area contributed by atoms with Crippen LogP contribution < -0.4 is 15.4 Å². The maximum Gasteiger partial charge on any atom is 0.228 e. The van der Waals surface area contributed by atoms with Crippen LogP contribution in [0, 0.1) is 0 Å². The normalized spacial score (nSPS) is 9.61. The first-order chi connectivity index (χ1) is 8.78. The van der Waals surface area contributed by atoms with Gasteiger partial charge in [0.25, 0.3) is 0 Å². The van der Waals surface area contributed by atoms with Gasteiger partial charge in [-0.2, -0.15) is 0 Å². The minimum Gasteiger partial charge on any atom is -0.497 e. The zero-order valence-corrected chi connectivity index (χ0v) is 10.6. The third-order valence-corrected chi connectivity index (χ3v) is 2.34. The van der Waals surface area contributed by atoms with Crippen molar-refractivity contribution in [2.24, 2.45) is 0 Å². The van der Waals surface area contributed by atoms with Crippen molar-refractivity contribution in [2.75, 3.05) is 17.7 Å². The fraction of sp³-hybridized carbons (Fsp3) is 0.0833. The molecular formula is C12H12N4OS. The van der Waals surface area contributed by atoms with Gasteiger partial charge in [0.2, 0.25) is 5.95 Å². The van der Waals surface area contributed by atoms with Gasteiger partial charge in [-0.25, -0.2) is 9.97 Å². The molecule has 2 aromatic rings. The summed E-state index contributed by atoms with van der Waals surface area (Å²) in [6.07, 6.45) is 3.29. The zero-order chi connectivity index (χ0) is 12.8. The predicted octanol–water partition coefficient (Wildman–Crippen LogP) is 2.29. The van der Waals surface area contributed by atoms with E-state index in [1.54, 1.807) is 25.6 Å². The van der Waals surface area contributed by atoms with E-state index in [9.17, 15) is 0 Å². The molecule has 1 aromatic heterocycles. The lowest BCUT2D eigenvalue weighted by Gasteiger charge is -2.09. The number of ether oxygens (including phenoxy) is 1. The maximum atomic E-state index is 5.15. The number of benzene rings is 1. The minimum atomic E-state index is 0.436. The smallest absolute Gasteiger partial charge is 0.228 e. The van der Waals surface area contributed by atoms with E-state index < -0.39 is 0 Å². The molecule has 0 spiro atoms. The van der Waals surface area contributed by atoms with Crippen molar-refractivity contribution in [3.63, 3.8) is 0 Å². The lowest BCUT2D eigenvalue weighted by atomic mass is 10.3. The Morgan fingerprint density at radius 2 is 1.78 bits per heavy atom. The number of hydrogen-bond donors (Lipinski definition) is 2. The van der Waals surface area contributed by atoms with Gasteiger partial charge in [0.05, 0.1) is 7.11 Å². The van der Waals surface area contributed by atoms with Gasteiger partial charge in [0.1, 0.15) is 5.75 Å². The monoisotopic (exact) mass is 260 g/mol. The number of thiocarbonyl (C=S) groups is 1. The topological polar surface area (TPSA) is 59.1 Å². The van der Waals surface area contributed by atoms with Crippen LogP contribution in [-0.4, -0.2) is 22.2 Å². The molecule has 0 aliphatic carbocycles. The number of aromatic nitrogens is 2. The highest BCUT2D eigenvalue weighted by Gasteiger charge is 2.00. The van der Waals surface area contributed by atoms with Crippen molar-refractivity contribution >= 4 is 29.0 Å². The number of rotatable bonds is 3. The molecule has 0 bridgehead atoms. The Labute approximate surface area is 110 Å². The summed E-state index contributed by atoms with van der Waals surface area (Å²) in [5.41, 5.74) is 0.865. The molecule has 0 saturated heterocycles. The molecule has 5 nitrogen and oxygen atoms in total. The average molecular weight is 260 g/mol. The highest BCUT2D eigenvalue weighted by molar-refractivity contribution is 7.80. The molecular weight excluding hydrogens is 248 g/mol. The first-order valence-electron chi connectivity index (χ1n) is 5.27. The Morgan fingerprint density at radius 1 is 1.11 bits per heavy atom. The third-order valence-electron chi connectivity index (χ3n) is 2.14. The van der Waals surface area contributed by atoms with Gasteiger partial charge in [0, 0.05) is 18.1 Å². The summed E-state index contributed by atoms with van der Waals surface area (Å²) in [4.78, 5) is 8.04. The van der Waals surface area contributed by atoms with E-state index in [4.69, 9.17) is 17.0 Å². The van der Waals surface area contributed by atoms with Gasteiger partial charge < -0.3 is 15.4 Å². The Hall–Kier alpha value is -2.21. The fourth-order valence-electron chi connectivity index (χ4n) is 1.30. The quantitative estimate of drug-likeness (QED) is 0.826. The van der Waals surface area contributed by atoms with E-state index in [1.807, 2.05) is 24.3 Å². The Kier molecular flexibility index (Phi) is 4.03. The Balaban J connectivity index is 1.94. The fourth-order valence-corrected chi connectivity index (χ4v) is 1.51. The van der Waals surface area contributed by atoms with Crippen molar-refractivity contribution in [1.82, 2.24) is 9.97 Å². The second kappa shape index (κ2) is 5.92. The minimum absolute atomic E-state index is 0.436. The van der Waals surface area contributed by atoms with Gasteiger partial charge in [-0.15, -0.1) is 0 Å². The largest absolute Gasteiger partial charge is 0.497 e. The molecule has 2 N–H and O–H groups in total. The van der Waals surface area contributed by atoms with E-state index in [1.165, 1.54) is 0 Å². The predicted molar refractivity (Wildman–Crippen MR) is 74.9 cm³/mol. The lowest BCUT2D eigenvalue weighted by Crippen LogP contribution is -2.20. The van der Waals surface area contributed by atoms with Gasteiger partial charge in [-0.1, -0.05) is 0 Å². The molecule has 0 amide bonds. The molecule has 1 heterocycles. The standard InChI is InChI=1S/C12H12N4OS/c1-17-10-5-3-9(4-6-10)15-12(18)16-11-13-7-2-8-14-11/h2-8H,1H3,(H2,13,14,15,16,18). The summed E-state index contributed by atoms with van der Waals surface area (Å²) in [6.45, 7) is 0. The molecule has 0 radical (unpaired) electrons. The van der Waals surface area contributed by atoms with Crippen molar-refractivity contribution in [2.45, 2.75) is 0 Å². The number of hydrogen-bond acceptors (Lipinski definition) is 4. The molecule has 0 aliphatic rings. The SMILES string of the molecule is COc1ccc(NC(=S)Nc2ncccn2)cc1. The second-order valence-electron chi connectivity index (χ2n) is 3.38. The van der Waals surface area contributed by atoms with E-state index in [0.29, 0.717) is 11.1 Å². The van der Waals surface area contributed by atoms with Crippen LogP contribution in [0.25, 0.3) is 0 Å². The van der Waals surface area contributed by atoms with E-state index in [-0.39, 0.29) is 0 Å². The summed E-state index contributed by atoms with van der Waals surface area (Å²) >= 11 is 5.15. The summed E-state index contributed by atoms with van der Waals surface area (Å²) < 4.78 is 5.07. The number of nitrogens with one attached hydrogen (secondary N) is 2. The number of anilines is 2. The van der Waals surface area contributed by atoms with Crippen LogP contribution in [0.1, 0.15) is 0 Å². The van der Waals surface area contributed by atoms with Gasteiger partial charge in [-0.3, -0.25) is 0 Å². The molecule has 0 fully saturated rings. The second-order valence-corrected chi connectivity index (χ2v) is 3.79. The molecule has 6 heteroatoms. The van der Waals surface area contributed by atoms with Crippen LogP contribution in [0.2, 0.25) is 0 Å². The van der Waals surface area contributed by atoms with Crippen molar-refractivity contribution in [1.29, 1.82) is 0 Å². The Bertz CT molecular complexity index is 515. The molecule has 0 aliphatic heterocycles. The lowest BCUT2D eigenvalue weighted by molar-refractivity contribution is 0.415. The van der Waals surface area contributed by atoms with Crippen LogP contribution >= 0.6 is 12.2 Å². The van der Waals surface area contributed by atoms with E-state index in [2.05, 4.69) is 20.6 Å². The first-order valence-corrected chi connectivity index (χ1v) is 5.68. The van der Waals surface area contributed by atoms with E-state index >= 15 is 0 Å². The summed E-state index contributed by atoms with van der Waals surface area (Å²) in [6, 6.07) is 9.19. The van der Waals surface area contributed by atoms with Crippen LogP contribution in [0.3, 0.4) is 0 Å². The van der Waals surface area contributed by atoms with Crippen LogP contribution in [0.15, 0.2) is 42.7 Å². The highest BCUT2D eigenvalue weighted by atomic mass is 32.1. The molecule has 92 valence electrons. The molecule has 0 saturated carbocycles. The molecule has 0 atom stereocenters. The summed E-state index contributed by atoms with van der Waals surface area (Å²) in [7, 11) is 1.63. The highest BCUT2D eigenvalue weighted by Crippen LogP contribution is 2.15. The van der Waals surface area contributed by atoms with Crippen LogP contribution in [0.4, 0.5) is 11.6 Å². The van der Waals surface area contributed by atoms with Crippen molar-refractivity contribution < 1.29 is 4.74 Å². The number of nitrogens with zero attached hydrogens (tertiary/aromatic N) is 2. The first kappa shape index (κ1) is 12.3. The summed E-state index contributed by atoms with van der Waals surface area (Å²) in [5, 5.41) is 6.35. The molecule has 2 rings (SSSR count). The zero-order valence-electron chi connectivity index (χ0n) is 9.75. The van der Waals surface area contributed by atoms with Crippen LogP contribution in [-0.2, 0) is 0 Å². The average Bonchev–Trinajstić information content (AvgIpc) is 2.40. The summed E-state index contributed by atoms with van der Waals surface area (Å²) in [5.74, 6) is 1.26. The van der Waals surface area contributed by atoms with Crippen molar-refractivity contribution in [3.05, 3.63) is 42.7 Å². The third kappa shape index (κ3) is 3.39. The maximum absolute atomic E-state index is 5.15.